The summed E-state index contributed by atoms with van der Waals surface area (Å²) < 4.78 is 16.3. The fourth-order valence-electron chi connectivity index (χ4n) is 3.58. The molecule has 2 aromatic rings. The summed E-state index contributed by atoms with van der Waals surface area (Å²) in [6.45, 7) is 5.34. The van der Waals surface area contributed by atoms with Crippen molar-refractivity contribution in [2.75, 3.05) is 53.6 Å². The Morgan fingerprint density at radius 3 is 2.60 bits per heavy atom. The molecule has 1 amide bonds. The van der Waals surface area contributed by atoms with Gasteiger partial charge in [-0.15, -0.1) is 0 Å². The highest BCUT2D eigenvalue weighted by Crippen LogP contribution is 2.27. The van der Waals surface area contributed by atoms with E-state index in [2.05, 4.69) is 4.90 Å². The van der Waals surface area contributed by atoms with Gasteiger partial charge < -0.3 is 19.1 Å². The Hall–Kier alpha value is -2.28. The van der Waals surface area contributed by atoms with Gasteiger partial charge in [0.1, 0.15) is 11.5 Å². The van der Waals surface area contributed by atoms with E-state index in [1.165, 1.54) is 0 Å². The number of nitrogens with zero attached hydrogens (tertiary/aromatic N) is 2. The number of morpholine rings is 1. The van der Waals surface area contributed by atoms with Crippen molar-refractivity contribution in [3.63, 3.8) is 0 Å². The molecule has 0 aromatic heterocycles. The SMILES string of the molecule is COc1ccc(OC)c(CN(CCCN2CCOCC2)C(=O)c2ccccc2Cl)c1. The van der Waals surface area contributed by atoms with Gasteiger partial charge in [0.05, 0.1) is 38.0 Å². The molecule has 0 N–H and O–H groups in total. The van der Waals surface area contributed by atoms with Crippen molar-refractivity contribution >= 4 is 17.5 Å². The van der Waals surface area contributed by atoms with Crippen LogP contribution in [0.25, 0.3) is 0 Å². The highest BCUT2D eigenvalue weighted by molar-refractivity contribution is 6.33. The van der Waals surface area contributed by atoms with E-state index in [9.17, 15) is 4.79 Å². The summed E-state index contributed by atoms with van der Waals surface area (Å²) in [5.41, 5.74) is 1.40. The lowest BCUT2D eigenvalue weighted by atomic mass is 10.1. The maximum Gasteiger partial charge on any atom is 0.255 e. The van der Waals surface area contributed by atoms with E-state index in [-0.39, 0.29) is 5.91 Å². The molecule has 162 valence electrons. The Labute approximate surface area is 183 Å². The molecule has 1 aliphatic heterocycles. The van der Waals surface area contributed by atoms with Crippen LogP contribution in [0, 0.1) is 0 Å². The Kier molecular flexibility index (Phi) is 8.37. The van der Waals surface area contributed by atoms with Crippen LogP contribution < -0.4 is 9.47 Å². The van der Waals surface area contributed by atoms with Crippen LogP contribution in [0.4, 0.5) is 0 Å². The van der Waals surface area contributed by atoms with Gasteiger partial charge in [-0.1, -0.05) is 23.7 Å². The van der Waals surface area contributed by atoms with Crippen LogP contribution in [0.15, 0.2) is 42.5 Å². The van der Waals surface area contributed by atoms with E-state index in [4.69, 9.17) is 25.8 Å². The van der Waals surface area contributed by atoms with Crippen LogP contribution >= 0.6 is 11.6 Å². The van der Waals surface area contributed by atoms with E-state index in [0.717, 1.165) is 56.3 Å². The second-order valence-electron chi connectivity index (χ2n) is 7.19. The topological polar surface area (TPSA) is 51.2 Å². The fourth-order valence-corrected chi connectivity index (χ4v) is 3.80. The number of halogens is 1. The summed E-state index contributed by atoms with van der Waals surface area (Å²) in [7, 11) is 3.25. The molecule has 7 heteroatoms. The smallest absolute Gasteiger partial charge is 0.255 e. The van der Waals surface area contributed by atoms with Crippen molar-refractivity contribution in [3.8, 4) is 11.5 Å². The average molecular weight is 433 g/mol. The van der Waals surface area contributed by atoms with Gasteiger partial charge in [-0.25, -0.2) is 0 Å². The quantitative estimate of drug-likeness (QED) is 0.604. The molecule has 0 unspecified atom stereocenters. The molecule has 1 aliphatic rings. The summed E-state index contributed by atoms with van der Waals surface area (Å²) in [6.07, 6.45) is 0.864. The number of hydrogen-bond donors (Lipinski definition) is 0. The maximum absolute atomic E-state index is 13.3. The molecular weight excluding hydrogens is 404 g/mol. The number of methoxy groups -OCH3 is 2. The van der Waals surface area contributed by atoms with Gasteiger partial charge in [-0.3, -0.25) is 9.69 Å². The summed E-state index contributed by atoms with van der Waals surface area (Å²) in [4.78, 5) is 17.5. The zero-order valence-electron chi connectivity index (χ0n) is 17.6. The number of amides is 1. The molecular formula is C23H29ClN2O4. The van der Waals surface area contributed by atoms with Gasteiger partial charge in [0, 0.05) is 38.3 Å². The number of rotatable bonds is 9. The van der Waals surface area contributed by atoms with E-state index in [1.54, 1.807) is 26.4 Å². The second-order valence-corrected chi connectivity index (χ2v) is 7.60. The first-order valence-corrected chi connectivity index (χ1v) is 10.5. The molecule has 1 saturated heterocycles. The van der Waals surface area contributed by atoms with Crippen LogP contribution in [-0.4, -0.2) is 69.3 Å². The first-order valence-electron chi connectivity index (χ1n) is 10.2. The summed E-state index contributed by atoms with van der Waals surface area (Å²) in [5.74, 6) is 1.36. The minimum absolute atomic E-state index is 0.0903. The molecule has 3 rings (SSSR count). The van der Waals surface area contributed by atoms with Gasteiger partial charge in [-0.2, -0.15) is 0 Å². The maximum atomic E-state index is 13.3. The van der Waals surface area contributed by atoms with Crippen molar-refractivity contribution in [1.29, 1.82) is 0 Å². The van der Waals surface area contributed by atoms with Gasteiger partial charge >= 0.3 is 0 Å². The lowest BCUT2D eigenvalue weighted by molar-refractivity contribution is 0.0355. The standard InChI is InChI=1S/C23H29ClN2O4/c1-28-19-8-9-22(29-2)18(16-19)17-26(11-5-10-25-12-14-30-15-13-25)23(27)20-6-3-4-7-21(20)24/h3-4,6-9,16H,5,10-15,17H2,1-2H3. The van der Waals surface area contributed by atoms with Gasteiger partial charge in [0.25, 0.3) is 5.91 Å². The zero-order valence-corrected chi connectivity index (χ0v) is 18.4. The number of carbonyl (C=O) groups is 1. The third kappa shape index (κ3) is 5.88. The van der Waals surface area contributed by atoms with Crippen LogP contribution in [-0.2, 0) is 11.3 Å². The lowest BCUT2D eigenvalue weighted by Crippen LogP contribution is -2.39. The van der Waals surface area contributed by atoms with Crippen molar-refractivity contribution in [3.05, 3.63) is 58.6 Å². The predicted molar refractivity (Wildman–Crippen MR) is 118 cm³/mol. The molecule has 0 radical (unpaired) electrons. The first kappa shape index (κ1) is 22.4. The summed E-state index contributed by atoms with van der Waals surface area (Å²) >= 11 is 6.31. The lowest BCUT2D eigenvalue weighted by Gasteiger charge is -2.29. The van der Waals surface area contributed by atoms with Crippen LogP contribution in [0.5, 0.6) is 11.5 Å². The van der Waals surface area contributed by atoms with Crippen molar-refractivity contribution in [2.24, 2.45) is 0 Å². The molecule has 1 heterocycles. The zero-order chi connectivity index (χ0) is 21.3. The van der Waals surface area contributed by atoms with Crippen LogP contribution in [0.1, 0.15) is 22.3 Å². The fraction of sp³-hybridized carbons (Fsp3) is 0.435. The molecule has 0 atom stereocenters. The highest BCUT2D eigenvalue weighted by Gasteiger charge is 2.21. The largest absolute Gasteiger partial charge is 0.497 e. The number of carbonyl (C=O) groups excluding carboxylic acids is 1. The Bertz CT molecular complexity index is 840. The summed E-state index contributed by atoms with van der Waals surface area (Å²) in [5, 5.41) is 0.457. The van der Waals surface area contributed by atoms with E-state index < -0.39 is 0 Å². The van der Waals surface area contributed by atoms with Crippen molar-refractivity contribution in [1.82, 2.24) is 9.80 Å². The van der Waals surface area contributed by atoms with Crippen LogP contribution in [0.3, 0.4) is 0 Å². The molecule has 0 bridgehead atoms. The molecule has 0 aliphatic carbocycles. The Morgan fingerprint density at radius 1 is 1.13 bits per heavy atom. The number of ether oxygens (including phenoxy) is 3. The minimum Gasteiger partial charge on any atom is -0.497 e. The second kappa shape index (κ2) is 11.2. The van der Waals surface area contributed by atoms with Gasteiger partial charge in [-0.05, 0) is 36.8 Å². The number of benzene rings is 2. The first-order chi connectivity index (χ1) is 14.6. The molecule has 1 fully saturated rings. The molecule has 2 aromatic carbocycles. The molecule has 0 spiro atoms. The van der Waals surface area contributed by atoms with E-state index in [1.807, 2.05) is 35.2 Å². The normalized spacial score (nSPS) is 14.4. The molecule has 30 heavy (non-hydrogen) atoms. The molecule has 0 saturated carbocycles. The Balaban J connectivity index is 1.78. The molecule has 6 nitrogen and oxygen atoms in total. The van der Waals surface area contributed by atoms with Gasteiger partial charge in [0.2, 0.25) is 0 Å². The van der Waals surface area contributed by atoms with Crippen molar-refractivity contribution < 1.29 is 19.0 Å². The third-order valence-electron chi connectivity index (χ3n) is 5.25. The van der Waals surface area contributed by atoms with Crippen LogP contribution in [0.2, 0.25) is 5.02 Å². The monoisotopic (exact) mass is 432 g/mol. The number of hydrogen-bond acceptors (Lipinski definition) is 5. The van der Waals surface area contributed by atoms with Gasteiger partial charge in [0.15, 0.2) is 0 Å². The average Bonchev–Trinajstić information content (AvgIpc) is 2.79. The van der Waals surface area contributed by atoms with E-state index in [0.29, 0.717) is 23.7 Å². The minimum atomic E-state index is -0.0903. The highest BCUT2D eigenvalue weighted by atomic mass is 35.5. The third-order valence-corrected chi connectivity index (χ3v) is 5.58. The Morgan fingerprint density at radius 2 is 1.90 bits per heavy atom. The van der Waals surface area contributed by atoms with E-state index >= 15 is 0 Å². The van der Waals surface area contributed by atoms with Crippen molar-refractivity contribution in [2.45, 2.75) is 13.0 Å². The summed E-state index contributed by atoms with van der Waals surface area (Å²) in [6, 6.07) is 12.8. The predicted octanol–water partition coefficient (Wildman–Crippen LogP) is 3.72.